The van der Waals surface area contributed by atoms with Crippen molar-refractivity contribution in [2.75, 3.05) is 5.75 Å². The average Bonchev–Trinajstić information content (AvgIpc) is 2.45. The fourth-order valence-electron chi connectivity index (χ4n) is 2.40. The van der Waals surface area contributed by atoms with Gasteiger partial charge >= 0.3 is 0 Å². The van der Waals surface area contributed by atoms with Crippen LogP contribution in [0.15, 0.2) is 30.3 Å². The molecular weight excluding hydrogens is 310 g/mol. The van der Waals surface area contributed by atoms with Crippen LogP contribution >= 0.6 is 0 Å². The van der Waals surface area contributed by atoms with E-state index in [4.69, 9.17) is 0 Å². The monoisotopic (exact) mass is 339 g/mol. The zero-order chi connectivity index (χ0) is 17.3. The maximum atomic E-state index is 12.1. The summed E-state index contributed by atoms with van der Waals surface area (Å²) in [5.41, 5.74) is 0.759. The van der Waals surface area contributed by atoms with Gasteiger partial charge in [0.05, 0.1) is 11.5 Å². The van der Waals surface area contributed by atoms with E-state index >= 15 is 0 Å². The van der Waals surface area contributed by atoms with E-state index in [1.807, 2.05) is 25.1 Å². The number of carbonyl (C=O) groups excluding carboxylic acids is 1. The van der Waals surface area contributed by atoms with Gasteiger partial charge in [-0.15, -0.1) is 0 Å². The first-order chi connectivity index (χ1) is 10.8. The summed E-state index contributed by atoms with van der Waals surface area (Å²) in [6.45, 7) is 6.33. The van der Waals surface area contributed by atoms with Crippen LogP contribution in [0.3, 0.4) is 0 Å². The van der Waals surface area contributed by atoms with E-state index in [-0.39, 0.29) is 29.9 Å². The third-order valence-electron chi connectivity index (χ3n) is 3.70. The van der Waals surface area contributed by atoms with Crippen molar-refractivity contribution in [3.05, 3.63) is 35.9 Å². The van der Waals surface area contributed by atoms with Crippen molar-refractivity contribution < 1.29 is 13.2 Å². The summed E-state index contributed by atoms with van der Waals surface area (Å²) in [4.78, 5) is 11.9. The average molecular weight is 340 g/mol. The fourth-order valence-corrected chi connectivity index (χ4v) is 3.74. The molecule has 4 nitrogen and oxygen atoms in total. The van der Waals surface area contributed by atoms with E-state index in [9.17, 15) is 13.2 Å². The lowest BCUT2D eigenvalue weighted by atomic mass is 10.0. The highest BCUT2D eigenvalue weighted by atomic mass is 32.2. The summed E-state index contributed by atoms with van der Waals surface area (Å²) in [6, 6.07) is 9.15. The molecule has 23 heavy (non-hydrogen) atoms. The molecule has 0 fully saturated rings. The van der Waals surface area contributed by atoms with Crippen molar-refractivity contribution in [1.82, 2.24) is 5.32 Å². The Kier molecular flexibility index (Phi) is 8.31. The summed E-state index contributed by atoms with van der Waals surface area (Å²) in [5, 5.41) is 2.89. The summed E-state index contributed by atoms with van der Waals surface area (Å²) >= 11 is 0. The predicted octanol–water partition coefficient (Wildman–Crippen LogP) is 3.32. The summed E-state index contributed by atoms with van der Waals surface area (Å²) in [5.74, 6) is 0.372. The molecule has 0 aliphatic heterocycles. The van der Waals surface area contributed by atoms with E-state index in [0.717, 1.165) is 24.8 Å². The van der Waals surface area contributed by atoms with Crippen LogP contribution in [0.4, 0.5) is 0 Å². The maximum Gasteiger partial charge on any atom is 0.221 e. The van der Waals surface area contributed by atoms with Gasteiger partial charge in [-0.05, 0) is 24.8 Å². The van der Waals surface area contributed by atoms with Gasteiger partial charge in [0.2, 0.25) is 5.91 Å². The largest absolute Gasteiger partial charge is 0.354 e. The van der Waals surface area contributed by atoms with E-state index in [0.29, 0.717) is 5.92 Å². The first kappa shape index (κ1) is 19.7. The second kappa shape index (κ2) is 9.71. The smallest absolute Gasteiger partial charge is 0.221 e. The Bertz CT molecular complexity index is 567. The SMILES string of the molecule is CC(C)CCC[C@H](C)NC(=O)CCS(=O)(=O)Cc1ccccc1. The second-order valence-corrected chi connectivity index (χ2v) is 8.81. The lowest BCUT2D eigenvalue weighted by molar-refractivity contribution is -0.121. The van der Waals surface area contributed by atoms with Gasteiger partial charge in [0, 0.05) is 12.5 Å². The normalized spacial score (nSPS) is 13.0. The molecule has 130 valence electrons. The third kappa shape index (κ3) is 9.39. The van der Waals surface area contributed by atoms with Crippen LogP contribution in [0.1, 0.15) is 52.0 Å². The molecule has 0 heterocycles. The van der Waals surface area contributed by atoms with Crippen molar-refractivity contribution in [3.8, 4) is 0 Å². The molecule has 0 unspecified atom stereocenters. The molecule has 0 saturated heterocycles. The van der Waals surface area contributed by atoms with E-state index in [1.165, 1.54) is 0 Å². The van der Waals surface area contributed by atoms with Gasteiger partial charge in [-0.25, -0.2) is 8.42 Å². The minimum absolute atomic E-state index is 0.00887. The van der Waals surface area contributed by atoms with Gasteiger partial charge in [-0.2, -0.15) is 0 Å². The Morgan fingerprint density at radius 1 is 1.09 bits per heavy atom. The quantitative estimate of drug-likeness (QED) is 0.711. The van der Waals surface area contributed by atoms with Crippen LogP contribution in [-0.2, 0) is 20.4 Å². The van der Waals surface area contributed by atoms with E-state index in [2.05, 4.69) is 19.2 Å². The molecule has 1 N–H and O–H groups in total. The summed E-state index contributed by atoms with van der Waals surface area (Å²) in [6.07, 6.45) is 3.18. The lowest BCUT2D eigenvalue weighted by Gasteiger charge is -2.14. The molecule has 0 aromatic heterocycles. The first-order valence-electron chi connectivity index (χ1n) is 8.32. The molecule has 0 saturated carbocycles. The lowest BCUT2D eigenvalue weighted by Crippen LogP contribution is -2.33. The summed E-state index contributed by atoms with van der Waals surface area (Å²) < 4.78 is 24.1. The van der Waals surface area contributed by atoms with Gasteiger partial charge in [-0.3, -0.25) is 4.79 Å². The highest BCUT2D eigenvalue weighted by Crippen LogP contribution is 2.09. The second-order valence-electron chi connectivity index (χ2n) is 6.62. The first-order valence-corrected chi connectivity index (χ1v) is 10.1. The zero-order valence-electron chi connectivity index (χ0n) is 14.4. The number of benzene rings is 1. The Morgan fingerprint density at radius 3 is 2.35 bits per heavy atom. The molecule has 1 aromatic rings. The maximum absolute atomic E-state index is 12.1. The number of carbonyl (C=O) groups is 1. The molecule has 5 heteroatoms. The van der Waals surface area contributed by atoms with E-state index < -0.39 is 9.84 Å². The van der Waals surface area contributed by atoms with Gasteiger partial charge in [0.25, 0.3) is 0 Å². The molecular formula is C18H29NO3S. The van der Waals surface area contributed by atoms with Crippen LogP contribution in [0.25, 0.3) is 0 Å². The fraction of sp³-hybridized carbons (Fsp3) is 0.611. The Morgan fingerprint density at radius 2 is 1.74 bits per heavy atom. The molecule has 0 radical (unpaired) electrons. The predicted molar refractivity (Wildman–Crippen MR) is 94.8 cm³/mol. The van der Waals surface area contributed by atoms with E-state index in [1.54, 1.807) is 12.1 Å². The molecule has 0 aliphatic carbocycles. The standard InChI is InChI=1S/C18H29NO3S/c1-15(2)8-7-9-16(3)19-18(20)12-13-23(21,22)14-17-10-5-4-6-11-17/h4-6,10-11,15-16H,7-9,12-14H2,1-3H3,(H,19,20)/t16-/m0/s1. The number of hydrogen-bond donors (Lipinski definition) is 1. The molecule has 1 atom stereocenters. The third-order valence-corrected chi connectivity index (χ3v) is 5.29. The molecule has 0 bridgehead atoms. The molecule has 1 rings (SSSR count). The Balaban J connectivity index is 2.31. The van der Waals surface area contributed by atoms with Crippen LogP contribution in [0.2, 0.25) is 0 Å². The number of rotatable bonds is 10. The minimum Gasteiger partial charge on any atom is -0.354 e. The van der Waals surface area contributed by atoms with Crippen LogP contribution < -0.4 is 5.32 Å². The van der Waals surface area contributed by atoms with Gasteiger partial charge in [-0.1, -0.05) is 57.0 Å². The highest BCUT2D eigenvalue weighted by Gasteiger charge is 2.15. The van der Waals surface area contributed by atoms with Crippen LogP contribution in [0.5, 0.6) is 0 Å². The van der Waals surface area contributed by atoms with Crippen LogP contribution in [-0.4, -0.2) is 26.1 Å². The van der Waals surface area contributed by atoms with Crippen molar-refractivity contribution >= 4 is 15.7 Å². The van der Waals surface area contributed by atoms with Gasteiger partial charge in [0.15, 0.2) is 9.84 Å². The van der Waals surface area contributed by atoms with Crippen molar-refractivity contribution in [1.29, 1.82) is 0 Å². The number of sulfone groups is 1. The highest BCUT2D eigenvalue weighted by molar-refractivity contribution is 7.90. The molecule has 0 spiro atoms. The number of hydrogen-bond acceptors (Lipinski definition) is 3. The molecule has 1 amide bonds. The Labute approximate surface area is 140 Å². The zero-order valence-corrected chi connectivity index (χ0v) is 15.2. The van der Waals surface area contributed by atoms with Crippen molar-refractivity contribution in [3.63, 3.8) is 0 Å². The van der Waals surface area contributed by atoms with Gasteiger partial charge < -0.3 is 5.32 Å². The van der Waals surface area contributed by atoms with Crippen molar-refractivity contribution in [2.24, 2.45) is 5.92 Å². The summed E-state index contributed by atoms with van der Waals surface area (Å²) in [7, 11) is -3.25. The topological polar surface area (TPSA) is 63.2 Å². The van der Waals surface area contributed by atoms with Gasteiger partial charge in [0.1, 0.15) is 0 Å². The number of amides is 1. The van der Waals surface area contributed by atoms with Crippen LogP contribution in [0, 0.1) is 5.92 Å². The van der Waals surface area contributed by atoms with Crippen molar-refractivity contribution in [2.45, 2.75) is 58.2 Å². The molecule has 1 aromatic carbocycles. The number of nitrogens with one attached hydrogen (secondary N) is 1. The minimum atomic E-state index is -3.25. The molecule has 0 aliphatic rings. The Hall–Kier alpha value is -1.36.